The summed E-state index contributed by atoms with van der Waals surface area (Å²) in [4.78, 5) is 0. The van der Waals surface area contributed by atoms with Gasteiger partial charge in [-0.05, 0) is 86.7 Å². The molecule has 0 bridgehead atoms. The lowest BCUT2D eigenvalue weighted by Crippen LogP contribution is -2.35. The molecule has 3 rings (SSSR count). The molecular weight excluding hydrogens is 356 g/mol. The van der Waals surface area contributed by atoms with Crippen LogP contribution in [0, 0.1) is 23.2 Å². The third kappa shape index (κ3) is 4.86. The molecule has 3 aliphatic rings. The first-order valence-corrected chi connectivity index (χ1v) is 11.5. The summed E-state index contributed by atoms with van der Waals surface area (Å²) in [6.45, 7) is 13.3. The summed E-state index contributed by atoms with van der Waals surface area (Å²) >= 11 is 0. The summed E-state index contributed by atoms with van der Waals surface area (Å²) in [5.41, 5.74) is 5.09. The maximum absolute atomic E-state index is 10.1. The number of aliphatic hydroxyl groups is 2. The SMILES string of the molecule is C=C1/C(=C\C=C2/CCC[C@]3(C)[C@@H]([C@@H](C)/C=C/C=C(C)C)CC[C@@H]23)C[C@@H](O)C[C@@H]1O. The summed E-state index contributed by atoms with van der Waals surface area (Å²) in [5, 5.41) is 20.1. The predicted octanol–water partition coefficient (Wildman–Crippen LogP) is 6.29. The fourth-order valence-electron chi connectivity index (χ4n) is 6.17. The zero-order chi connectivity index (χ0) is 21.2. The Morgan fingerprint density at radius 1 is 1.21 bits per heavy atom. The van der Waals surface area contributed by atoms with Gasteiger partial charge in [0.05, 0.1) is 12.2 Å². The van der Waals surface area contributed by atoms with Crippen LogP contribution in [0.1, 0.15) is 72.6 Å². The Morgan fingerprint density at radius 2 is 1.97 bits per heavy atom. The Bertz CT molecular complexity index is 734. The van der Waals surface area contributed by atoms with Crippen molar-refractivity contribution >= 4 is 0 Å². The standard InChI is InChI=1S/C27H40O2/c1-18(2)8-6-9-19(3)24-13-14-25-21(10-7-15-27(24,25)5)11-12-22-16-23(28)17-26(29)20(22)4/h6,8-9,11-12,19,23-26,28-29H,4,7,10,13-17H2,1-3,5H3/b9-6+,21-11+,22-12-/t19-,23+,24+,25-,26-,27+/m0/s1. The molecule has 2 nitrogen and oxygen atoms in total. The molecule has 0 amide bonds. The van der Waals surface area contributed by atoms with Gasteiger partial charge in [0.15, 0.2) is 0 Å². The van der Waals surface area contributed by atoms with Gasteiger partial charge in [0.25, 0.3) is 0 Å². The lowest BCUT2D eigenvalue weighted by atomic mass is 9.61. The van der Waals surface area contributed by atoms with Crippen LogP contribution in [-0.4, -0.2) is 22.4 Å². The van der Waals surface area contributed by atoms with Gasteiger partial charge >= 0.3 is 0 Å². The molecule has 0 aliphatic heterocycles. The van der Waals surface area contributed by atoms with Crippen molar-refractivity contribution in [1.29, 1.82) is 0 Å². The van der Waals surface area contributed by atoms with Gasteiger partial charge in [-0.1, -0.05) is 62.0 Å². The van der Waals surface area contributed by atoms with Crippen molar-refractivity contribution in [3.8, 4) is 0 Å². The minimum atomic E-state index is -0.607. The van der Waals surface area contributed by atoms with Crippen molar-refractivity contribution in [2.45, 2.75) is 84.8 Å². The first-order chi connectivity index (χ1) is 13.7. The van der Waals surface area contributed by atoms with Crippen molar-refractivity contribution in [3.63, 3.8) is 0 Å². The van der Waals surface area contributed by atoms with Gasteiger partial charge in [-0.25, -0.2) is 0 Å². The van der Waals surface area contributed by atoms with Crippen LogP contribution in [0.25, 0.3) is 0 Å². The third-order valence-corrected chi connectivity index (χ3v) is 7.78. The quantitative estimate of drug-likeness (QED) is 0.549. The lowest BCUT2D eigenvalue weighted by Gasteiger charge is -2.44. The topological polar surface area (TPSA) is 40.5 Å². The van der Waals surface area contributed by atoms with Crippen molar-refractivity contribution < 1.29 is 10.2 Å². The average Bonchev–Trinajstić information content (AvgIpc) is 3.00. The average molecular weight is 397 g/mol. The van der Waals surface area contributed by atoms with E-state index in [1.165, 1.54) is 37.7 Å². The van der Waals surface area contributed by atoms with Gasteiger partial charge in [-0.15, -0.1) is 0 Å². The van der Waals surface area contributed by atoms with Crippen molar-refractivity contribution in [3.05, 3.63) is 59.3 Å². The highest BCUT2D eigenvalue weighted by Crippen LogP contribution is 2.59. The number of allylic oxidation sites excluding steroid dienone is 7. The molecule has 0 aromatic heterocycles. The number of aliphatic hydroxyl groups excluding tert-OH is 2. The second-order valence-corrected chi connectivity index (χ2v) is 10.2. The molecule has 0 aromatic carbocycles. The van der Waals surface area contributed by atoms with E-state index in [0.717, 1.165) is 17.1 Å². The first-order valence-electron chi connectivity index (χ1n) is 11.5. The summed E-state index contributed by atoms with van der Waals surface area (Å²) in [6, 6.07) is 0. The first kappa shape index (κ1) is 22.3. The summed E-state index contributed by atoms with van der Waals surface area (Å²) in [7, 11) is 0. The molecule has 160 valence electrons. The Balaban J connectivity index is 1.78. The molecule has 0 aromatic rings. The van der Waals surface area contributed by atoms with E-state index < -0.39 is 12.2 Å². The summed E-state index contributed by atoms with van der Waals surface area (Å²) < 4.78 is 0. The number of hydrogen-bond acceptors (Lipinski definition) is 2. The van der Waals surface area contributed by atoms with Gasteiger partial charge in [-0.2, -0.15) is 0 Å². The Kier molecular flexibility index (Phi) is 7.06. The molecule has 0 spiro atoms. The lowest BCUT2D eigenvalue weighted by molar-refractivity contribution is 0.0862. The minimum absolute atomic E-state index is 0.375. The Hall–Kier alpha value is -1.38. The van der Waals surface area contributed by atoms with Crippen LogP contribution in [0.5, 0.6) is 0 Å². The van der Waals surface area contributed by atoms with E-state index in [1.807, 2.05) is 0 Å². The number of rotatable bonds is 4. The van der Waals surface area contributed by atoms with Crippen molar-refractivity contribution in [1.82, 2.24) is 0 Å². The molecule has 0 heterocycles. The van der Waals surface area contributed by atoms with Gasteiger partial charge in [0.2, 0.25) is 0 Å². The van der Waals surface area contributed by atoms with E-state index in [0.29, 0.717) is 30.1 Å². The van der Waals surface area contributed by atoms with E-state index in [1.54, 1.807) is 5.57 Å². The van der Waals surface area contributed by atoms with Gasteiger partial charge in [0, 0.05) is 6.42 Å². The van der Waals surface area contributed by atoms with E-state index in [4.69, 9.17) is 0 Å². The second-order valence-electron chi connectivity index (χ2n) is 10.2. The number of hydrogen-bond donors (Lipinski definition) is 2. The van der Waals surface area contributed by atoms with Gasteiger partial charge < -0.3 is 10.2 Å². The fraction of sp³-hybridized carbons (Fsp3) is 0.630. The molecule has 3 saturated carbocycles. The highest BCUT2D eigenvalue weighted by Gasteiger charge is 2.50. The van der Waals surface area contributed by atoms with E-state index in [9.17, 15) is 10.2 Å². The van der Waals surface area contributed by atoms with Crippen LogP contribution in [0.2, 0.25) is 0 Å². The fourth-order valence-corrected chi connectivity index (χ4v) is 6.17. The highest BCUT2D eigenvalue weighted by atomic mass is 16.3. The van der Waals surface area contributed by atoms with Crippen LogP contribution in [0.4, 0.5) is 0 Å². The van der Waals surface area contributed by atoms with Gasteiger partial charge in [-0.3, -0.25) is 0 Å². The maximum Gasteiger partial charge on any atom is 0.0811 e. The molecule has 6 atom stereocenters. The largest absolute Gasteiger partial charge is 0.393 e. The predicted molar refractivity (Wildman–Crippen MR) is 122 cm³/mol. The molecule has 3 aliphatic carbocycles. The zero-order valence-electron chi connectivity index (χ0n) is 18.8. The van der Waals surface area contributed by atoms with E-state index in [2.05, 4.69) is 64.7 Å². The third-order valence-electron chi connectivity index (χ3n) is 7.78. The van der Waals surface area contributed by atoms with Crippen molar-refractivity contribution in [2.24, 2.45) is 23.2 Å². The maximum atomic E-state index is 10.1. The molecular formula is C27H40O2. The van der Waals surface area contributed by atoms with Crippen LogP contribution in [0.3, 0.4) is 0 Å². The normalized spacial score (nSPS) is 39.2. The number of fused-ring (bicyclic) bond motifs is 1. The van der Waals surface area contributed by atoms with Crippen LogP contribution in [0.15, 0.2) is 59.3 Å². The molecule has 0 unspecified atom stereocenters. The molecule has 2 N–H and O–H groups in total. The molecule has 3 fully saturated rings. The highest BCUT2D eigenvalue weighted by molar-refractivity contribution is 5.38. The molecule has 0 saturated heterocycles. The molecule has 29 heavy (non-hydrogen) atoms. The van der Waals surface area contributed by atoms with Crippen molar-refractivity contribution in [2.75, 3.05) is 0 Å². The zero-order valence-corrected chi connectivity index (χ0v) is 18.8. The Morgan fingerprint density at radius 3 is 2.69 bits per heavy atom. The van der Waals surface area contributed by atoms with E-state index in [-0.39, 0.29) is 0 Å². The minimum Gasteiger partial charge on any atom is -0.393 e. The van der Waals surface area contributed by atoms with Crippen LogP contribution < -0.4 is 0 Å². The summed E-state index contributed by atoms with van der Waals surface area (Å²) in [6.07, 6.45) is 17.6. The molecule has 0 radical (unpaired) electrons. The Labute approximate surface area is 177 Å². The summed E-state index contributed by atoms with van der Waals surface area (Å²) in [5.74, 6) is 1.99. The van der Waals surface area contributed by atoms with Crippen LogP contribution >= 0.6 is 0 Å². The monoisotopic (exact) mass is 396 g/mol. The van der Waals surface area contributed by atoms with Gasteiger partial charge in [0.1, 0.15) is 0 Å². The molecule has 2 heteroatoms. The smallest absolute Gasteiger partial charge is 0.0811 e. The second kappa shape index (κ2) is 9.18. The van der Waals surface area contributed by atoms with Crippen LogP contribution in [-0.2, 0) is 0 Å². The van der Waals surface area contributed by atoms with E-state index >= 15 is 0 Å².